The van der Waals surface area contributed by atoms with E-state index in [4.69, 9.17) is 5.73 Å². The molecule has 0 fully saturated rings. The zero-order chi connectivity index (χ0) is 8.97. The summed E-state index contributed by atoms with van der Waals surface area (Å²) < 4.78 is 12.5. The molecule has 0 unspecified atom stereocenters. The third-order valence-electron chi connectivity index (χ3n) is 1.18. The van der Waals surface area contributed by atoms with E-state index in [1.54, 1.807) is 0 Å². The molecule has 12 heavy (non-hydrogen) atoms. The molecular formula is C8H7FN2S. The van der Waals surface area contributed by atoms with Crippen LogP contribution in [0.1, 0.15) is 5.56 Å². The summed E-state index contributed by atoms with van der Waals surface area (Å²) in [5, 5.41) is 0. The Morgan fingerprint density at radius 3 is 3.00 bits per heavy atom. The van der Waals surface area contributed by atoms with Gasteiger partial charge in [-0.15, -0.1) is 0 Å². The summed E-state index contributed by atoms with van der Waals surface area (Å²) in [6, 6.07) is 1.44. The zero-order valence-corrected chi connectivity index (χ0v) is 7.11. The fraction of sp³-hybridized carbons (Fsp3) is 0.125. The van der Waals surface area contributed by atoms with Crippen molar-refractivity contribution in [1.82, 2.24) is 4.98 Å². The molecule has 4 heteroatoms. The summed E-state index contributed by atoms with van der Waals surface area (Å²) in [6.07, 6.45) is 1.34. The highest BCUT2D eigenvalue weighted by Crippen LogP contribution is 2.07. The second kappa shape index (κ2) is 3.98. The maximum absolute atomic E-state index is 12.5. The van der Waals surface area contributed by atoms with Crippen molar-refractivity contribution in [2.45, 2.75) is 0 Å². The first-order valence-corrected chi connectivity index (χ1v) is 3.88. The quantitative estimate of drug-likeness (QED) is 0.358. The number of thiol groups is 1. The van der Waals surface area contributed by atoms with E-state index in [1.165, 1.54) is 12.3 Å². The summed E-state index contributed by atoms with van der Waals surface area (Å²) in [5.74, 6) is 5.23. The van der Waals surface area contributed by atoms with E-state index in [1.807, 2.05) is 0 Å². The first-order chi connectivity index (χ1) is 5.74. The molecule has 0 amide bonds. The van der Waals surface area contributed by atoms with Crippen LogP contribution in [0.25, 0.3) is 0 Å². The van der Waals surface area contributed by atoms with Crippen LogP contribution in [0.15, 0.2) is 12.3 Å². The van der Waals surface area contributed by atoms with E-state index in [2.05, 4.69) is 29.5 Å². The number of aromatic nitrogens is 1. The van der Waals surface area contributed by atoms with E-state index in [9.17, 15) is 4.39 Å². The fourth-order valence-electron chi connectivity index (χ4n) is 0.675. The Morgan fingerprint density at radius 2 is 2.42 bits per heavy atom. The Kier molecular flexibility index (Phi) is 2.94. The Hall–Kier alpha value is -1.21. The Balaban J connectivity index is 2.97. The van der Waals surface area contributed by atoms with Crippen molar-refractivity contribution in [3.05, 3.63) is 23.8 Å². The lowest BCUT2D eigenvalue weighted by Gasteiger charge is -1.94. The number of rotatable bonds is 0. The third kappa shape index (κ3) is 2.14. The van der Waals surface area contributed by atoms with Gasteiger partial charge in [-0.1, -0.05) is 11.8 Å². The van der Waals surface area contributed by atoms with Crippen molar-refractivity contribution >= 4 is 18.3 Å². The van der Waals surface area contributed by atoms with Crippen molar-refractivity contribution < 1.29 is 4.39 Å². The van der Waals surface area contributed by atoms with Gasteiger partial charge in [-0.3, -0.25) is 0 Å². The molecule has 1 rings (SSSR count). The second-order valence-electron chi connectivity index (χ2n) is 2.06. The van der Waals surface area contributed by atoms with Gasteiger partial charge in [0.2, 0.25) is 5.95 Å². The molecule has 1 aromatic heterocycles. The van der Waals surface area contributed by atoms with Crippen molar-refractivity contribution in [1.29, 1.82) is 0 Å². The Morgan fingerprint density at radius 1 is 1.67 bits per heavy atom. The lowest BCUT2D eigenvalue weighted by atomic mass is 10.3. The Labute approximate surface area is 75.4 Å². The number of halogens is 1. The van der Waals surface area contributed by atoms with Crippen LogP contribution in [0, 0.1) is 17.8 Å². The van der Waals surface area contributed by atoms with E-state index in [0.717, 1.165) is 0 Å². The van der Waals surface area contributed by atoms with Crippen molar-refractivity contribution in [2.24, 2.45) is 0 Å². The van der Waals surface area contributed by atoms with Gasteiger partial charge in [0.15, 0.2) is 0 Å². The van der Waals surface area contributed by atoms with Gasteiger partial charge in [0, 0.05) is 11.8 Å². The molecule has 1 aromatic rings. The average Bonchev–Trinajstić information content (AvgIpc) is 2.07. The molecule has 0 aliphatic heterocycles. The molecule has 1 heterocycles. The minimum atomic E-state index is -0.661. The predicted molar refractivity (Wildman–Crippen MR) is 49.3 cm³/mol. The third-order valence-corrected chi connectivity index (χ3v) is 1.34. The molecule has 2 N–H and O–H groups in total. The molecule has 62 valence electrons. The summed E-state index contributed by atoms with van der Waals surface area (Å²) in [7, 11) is 0. The highest BCUT2D eigenvalue weighted by atomic mass is 32.1. The van der Waals surface area contributed by atoms with E-state index in [0.29, 0.717) is 11.3 Å². The lowest BCUT2D eigenvalue weighted by molar-refractivity contribution is 0.588. The van der Waals surface area contributed by atoms with Gasteiger partial charge in [-0.2, -0.15) is 17.0 Å². The first-order valence-electron chi connectivity index (χ1n) is 3.25. The number of hydrogen-bond acceptors (Lipinski definition) is 3. The molecule has 0 bridgehead atoms. The molecule has 0 radical (unpaired) electrons. The van der Waals surface area contributed by atoms with Crippen LogP contribution >= 0.6 is 12.6 Å². The molecule has 0 atom stereocenters. The van der Waals surface area contributed by atoms with Gasteiger partial charge in [0.25, 0.3) is 0 Å². The van der Waals surface area contributed by atoms with Crippen LogP contribution in [-0.4, -0.2) is 10.7 Å². The summed E-state index contributed by atoms with van der Waals surface area (Å²) in [5.41, 5.74) is 5.88. The predicted octanol–water partition coefficient (Wildman–Crippen LogP) is 1.08. The van der Waals surface area contributed by atoms with Crippen LogP contribution in [0.2, 0.25) is 0 Å². The van der Waals surface area contributed by atoms with Gasteiger partial charge < -0.3 is 5.73 Å². The Bertz CT molecular complexity index is 341. The minimum Gasteiger partial charge on any atom is -0.395 e. The second-order valence-corrected chi connectivity index (χ2v) is 2.38. The van der Waals surface area contributed by atoms with Crippen LogP contribution in [-0.2, 0) is 0 Å². The largest absolute Gasteiger partial charge is 0.395 e. The maximum Gasteiger partial charge on any atom is 0.236 e. The first kappa shape index (κ1) is 8.88. The average molecular weight is 182 g/mol. The lowest BCUT2D eigenvalue weighted by Crippen LogP contribution is -1.94. The number of anilines is 1. The van der Waals surface area contributed by atoms with Gasteiger partial charge in [-0.25, -0.2) is 4.98 Å². The normalized spacial score (nSPS) is 8.83. The summed E-state index contributed by atoms with van der Waals surface area (Å²) in [4.78, 5) is 3.41. The molecular weight excluding hydrogens is 175 g/mol. The highest BCUT2D eigenvalue weighted by Gasteiger charge is 1.97. The van der Waals surface area contributed by atoms with Gasteiger partial charge in [0.1, 0.15) is 0 Å². The van der Waals surface area contributed by atoms with E-state index >= 15 is 0 Å². The van der Waals surface area contributed by atoms with Crippen LogP contribution < -0.4 is 5.73 Å². The van der Waals surface area contributed by atoms with Crippen LogP contribution in [0.5, 0.6) is 0 Å². The molecule has 2 nitrogen and oxygen atoms in total. The number of nitrogens with two attached hydrogens (primary N) is 1. The molecule has 0 aliphatic carbocycles. The maximum atomic E-state index is 12.5. The molecule has 0 aliphatic rings. The van der Waals surface area contributed by atoms with E-state index in [-0.39, 0.29) is 5.69 Å². The number of nitrogen functional groups attached to an aromatic ring is 1. The molecule has 0 spiro atoms. The molecule has 0 saturated heterocycles. The van der Waals surface area contributed by atoms with Gasteiger partial charge in [0.05, 0.1) is 11.4 Å². The standard InChI is InChI=1S/C8H7FN2S/c9-8-7(10)4-6(5-11-8)2-1-3-12/h4-5,12H,3,10H2. The number of nitrogens with zero attached hydrogens (tertiary/aromatic N) is 1. The molecule has 0 aromatic carbocycles. The summed E-state index contributed by atoms with van der Waals surface area (Å²) >= 11 is 3.90. The monoisotopic (exact) mass is 182 g/mol. The van der Waals surface area contributed by atoms with Gasteiger partial charge in [-0.05, 0) is 6.07 Å². The molecule has 0 saturated carbocycles. The smallest absolute Gasteiger partial charge is 0.236 e. The fourth-order valence-corrected chi connectivity index (χ4v) is 0.754. The van der Waals surface area contributed by atoms with Crippen LogP contribution in [0.3, 0.4) is 0 Å². The van der Waals surface area contributed by atoms with E-state index < -0.39 is 5.95 Å². The highest BCUT2D eigenvalue weighted by molar-refractivity contribution is 7.80. The zero-order valence-electron chi connectivity index (χ0n) is 6.21. The van der Waals surface area contributed by atoms with Crippen molar-refractivity contribution in [2.75, 3.05) is 11.5 Å². The van der Waals surface area contributed by atoms with Crippen molar-refractivity contribution in [3.8, 4) is 11.8 Å². The number of hydrogen-bond donors (Lipinski definition) is 2. The van der Waals surface area contributed by atoms with Crippen LogP contribution in [0.4, 0.5) is 10.1 Å². The van der Waals surface area contributed by atoms with Gasteiger partial charge >= 0.3 is 0 Å². The SMILES string of the molecule is Nc1cc(C#CCS)cnc1F. The number of pyridine rings is 1. The minimum absolute atomic E-state index is 0.0148. The topological polar surface area (TPSA) is 38.9 Å². The summed E-state index contributed by atoms with van der Waals surface area (Å²) in [6.45, 7) is 0. The van der Waals surface area contributed by atoms with Crippen molar-refractivity contribution in [3.63, 3.8) is 0 Å².